The summed E-state index contributed by atoms with van der Waals surface area (Å²) in [6.45, 7) is 3.52. The van der Waals surface area contributed by atoms with Crippen LogP contribution in [-0.2, 0) is 9.59 Å². The lowest BCUT2D eigenvalue weighted by Gasteiger charge is -2.28. The van der Waals surface area contributed by atoms with E-state index in [0.29, 0.717) is 0 Å². The molecule has 1 fully saturated rings. The van der Waals surface area contributed by atoms with E-state index in [4.69, 9.17) is 10.2 Å². The maximum Gasteiger partial charge on any atom is 0.320 e. The van der Waals surface area contributed by atoms with Crippen molar-refractivity contribution in [3.63, 3.8) is 0 Å². The van der Waals surface area contributed by atoms with Gasteiger partial charge in [0.15, 0.2) is 0 Å². The van der Waals surface area contributed by atoms with Crippen molar-refractivity contribution in [2.24, 2.45) is 0 Å². The maximum absolute atomic E-state index is 11.4. The first-order chi connectivity index (χ1) is 7.84. The second-order valence-corrected chi connectivity index (χ2v) is 4.34. The molecule has 0 spiro atoms. The highest BCUT2D eigenvalue weighted by Crippen LogP contribution is 2.23. The number of carbonyl (C=O) groups is 2. The molecular formula is C10H17N2O5-. The fourth-order valence-corrected chi connectivity index (χ4v) is 2.01. The average molecular weight is 245 g/mol. The lowest BCUT2D eigenvalue weighted by molar-refractivity contribution is -0.145. The molecule has 0 saturated carbocycles. The highest BCUT2D eigenvalue weighted by Gasteiger charge is 2.37. The monoisotopic (exact) mass is 245 g/mol. The first-order valence-electron chi connectivity index (χ1n) is 5.48. The van der Waals surface area contributed by atoms with Gasteiger partial charge in [0, 0.05) is 25.2 Å². The first kappa shape index (κ1) is 13.9. The van der Waals surface area contributed by atoms with E-state index in [0.717, 1.165) is 5.06 Å². The fourth-order valence-electron chi connectivity index (χ4n) is 2.01. The molecule has 0 aromatic heterocycles. The lowest BCUT2D eigenvalue weighted by atomic mass is 10.1. The van der Waals surface area contributed by atoms with Crippen LogP contribution in [0.3, 0.4) is 0 Å². The smallest absolute Gasteiger partial charge is 0.320 e. The molecule has 17 heavy (non-hydrogen) atoms. The summed E-state index contributed by atoms with van der Waals surface area (Å²) in [6.07, 6.45) is -0.205. The third-order valence-corrected chi connectivity index (χ3v) is 3.30. The average Bonchev–Trinajstić information content (AvgIpc) is 2.46. The second kappa shape index (κ2) is 5.44. The van der Waals surface area contributed by atoms with Crippen molar-refractivity contribution < 1.29 is 19.8 Å². The highest BCUT2D eigenvalue weighted by atomic mass is 16.5. The summed E-state index contributed by atoms with van der Waals surface area (Å²) >= 11 is 0. The predicted octanol–water partition coefficient (Wildman–Crippen LogP) is 0.154. The highest BCUT2D eigenvalue weighted by molar-refractivity contribution is 5.75. The van der Waals surface area contributed by atoms with Gasteiger partial charge in [0.05, 0.1) is 0 Å². The predicted molar refractivity (Wildman–Crippen MR) is 59.1 cm³/mol. The van der Waals surface area contributed by atoms with E-state index in [-0.39, 0.29) is 31.6 Å². The summed E-state index contributed by atoms with van der Waals surface area (Å²) < 4.78 is 0. The zero-order chi connectivity index (χ0) is 13.2. The Kier molecular flexibility index (Phi) is 4.44. The molecule has 0 aromatic carbocycles. The molecule has 7 nitrogen and oxygen atoms in total. The molecule has 1 saturated heterocycles. The van der Waals surface area contributed by atoms with Crippen molar-refractivity contribution in [2.45, 2.75) is 44.8 Å². The van der Waals surface area contributed by atoms with Crippen molar-refractivity contribution >= 4 is 11.9 Å². The molecule has 3 unspecified atom stereocenters. The zero-order valence-corrected chi connectivity index (χ0v) is 9.87. The molecule has 0 bridgehead atoms. The Morgan fingerprint density at radius 3 is 2.29 bits per heavy atom. The van der Waals surface area contributed by atoms with Gasteiger partial charge in [-0.05, 0) is 20.3 Å². The SMILES string of the molecule is CC1C(C)N(C(CCC(=O)O)C(=O)O)CN1[O-]. The van der Waals surface area contributed by atoms with Crippen molar-refractivity contribution in [1.29, 1.82) is 0 Å². The number of hydroxylamine groups is 2. The quantitative estimate of drug-likeness (QED) is 0.710. The van der Waals surface area contributed by atoms with Crippen molar-refractivity contribution in [3.05, 3.63) is 5.21 Å². The molecule has 1 aliphatic heterocycles. The minimum atomic E-state index is -1.08. The van der Waals surface area contributed by atoms with E-state index < -0.39 is 18.0 Å². The molecule has 7 heteroatoms. The van der Waals surface area contributed by atoms with Crippen LogP contribution in [0.4, 0.5) is 0 Å². The molecule has 3 atom stereocenters. The number of carboxylic acids is 2. The Balaban J connectivity index is 2.71. The first-order valence-corrected chi connectivity index (χ1v) is 5.48. The summed E-state index contributed by atoms with van der Waals surface area (Å²) in [5.41, 5.74) is 0. The minimum absolute atomic E-state index is 0.00949. The summed E-state index contributed by atoms with van der Waals surface area (Å²) in [4.78, 5) is 23.1. The van der Waals surface area contributed by atoms with Crippen LogP contribution in [-0.4, -0.2) is 56.9 Å². The fraction of sp³-hybridized carbons (Fsp3) is 0.800. The van der Waals surface area contributed by atoms with E-state index >= 15 is 0 Å². The van der Waals surface area contributed by atoms with E-state index in [1.54, 1.807) is 18.7 Å². The molecule has 0 radical (unpaired) electrons. The number of hydrogen-bond acceptors (Lipinski definition) is 5. The summed E-state index contributed by atoms with van der Waals surface area (Å²) in [5, 5.41) is 29.9. The van der Waals surface area contributed by atoms with Crippen LogP contribution < -0.4 is 0 Å². The van der Waals surface area contributed by atoms with Crippen LogP contribution >= 0.6 is 0 Å². The lowest BCUT2D eigenvalue weighted by Crippen LogP contribution is -2.45. The van der Waals surface area contributed by atoms with E-state index in [1.807, 2.05) is 0 Å². The van der Waals surface area contributed by atoms with Crippen LogP contribution in [0.5, 0.6) is 0 Å². The summed E-state index contributed by atoms with van der Waals surface area (Å²) in [7, 11) is 0. The molecule has 2 N–H and O–H groups in total. The third kappa shape index (κ3) is 3.15. The minimum Gasteiger partial charge on any atom is -0.784 e. The van der Waals surface area contributed by atoms with Crippen LogP contribution in [0, 0.1) is 5.21 Å². The van der Waals surface area contributed by atoms with E-state index in [9.17, 15) is 14.8 Å². The normalized spacial score (nSPS) is 28.2. The zero-order valence-electron chi connectivity index (χ0n) is 9.87. The Labute approximate surface area is 99.2 Å². The number of nitrogens with zero attached hydrogens (tertiary/aromatic N) is 2. The molecule has 1 aliphatic rings. The largest absolute Gasteiger partial charge is 0.784 e. The molecule has 98 valence electrons. The van der Waals surface area contributed by atoms with Crippen LogP contribution in [0.15, 0.2) is 0 Å². The number of hydrogen-bond donors (Lipinski definition) is 2. The maximum atomic E-state index is 11.4. The van der Waals surface area contributed by atoms with Gasteiger partial charge in [-0.25, -0.2) is 0 Å². The van der Waals surface area contributed by atoms with Gasteiger partial charge in [0.25, 0.3) is 0 Å². The van der Waals surface area contributed by atoms with Gasteiger partial charge in [-0.2, -0.15) is 0 Å². The summed E-state index contributed by atoms with van der Waals surface area (Å²) in [6, 6.07) is -1.38. The summed E-state index contributed by atoms with van der Waals surface area (Å²) in [5.74, 6) is -2.12. The topological polar surface area (TPSA) is 104 Å². The second-order valence-electron chi connectivity index (χ2n) is 4.34. The van der Waals surface area contributed by atoms with Crippen LogP contribution in [0.1, 0.15) is 26.7 Å². The molecular weight excluding hydrogens is 228 g/mol. The molecule has 0 aliphatic carbocycles. The van der Waals surface area contributed by atoms with Gasteiger partial charge in [-0.1, -0.05) is 0 Å². The van der Waals surface area contributed by atoms with Crippen LogP contribution in [0.2, 0.25) is 0 Å². The molecule has 1 heterocycles. The molecule has 1 rings (SSSR count). The third-order valence-electron chi connectivity index (χ3n) is 3.30. The van der Waals surface area contributed by atoms with E-state index in [1.165, 1.54) is 0 Å². The number of rotatable bonds is 5. The van der Waals surface area contributed by atoms with Crippen molar-refractivity contribution in [3.8, 4) is 0 Å². The van der Waals surface area contributed by atoms with Gasteiger partial charge >= 0.3 is 11.9 Å². The Hall–Kier alpha value is -1.18. The van der Waals surface area contributed by atoms with Gasteiger partial charge in [-0.15, -0.1) is 0 Å². The Bertz CT molecular complexity index is 309. The molecule has 0 aromatic rings. The van der Waals surface area contributed by atoms with Gasteiger partial charge in [-0.3, -0.25) is 14.5 Å². The van der Waals surface area contributed by atoms with Crippen molar-refractivity contribution in [1.82, 2.24) is 9.96 Å². The van der Waals surface area contributed by atoms with E-state index in [2.05, 4.69) is 0 Å². The van der Waals surface area contributed by atoms with Crippen molar-refractivity contribution in [2.75, 3.05) is 6.67 Å². The molecule has 0 amide bonds. The number of aliphatic carboxylic acids is 2. The Morgan fingerprint density at radius 1 is 1.35 bits per heavy atom. The number of carboxylic acid groups (broad SMARTS) is 2. The Morgan fingerprint density at radius 2 is 1.94 bits per heavy atom. The van der Waals surface area contributed by atoms with Gasteiger partial charge < -0.3 is 20.5 Å². The standard InChI is InChI=1S/C10H17N2O5/c1-6-7(2)12(17)5-11(6)8(10(15)16)3-4-9(13)14/h6-8H,3-5H2,1-2H3,(H,13,14)(H,15,16)/q-1. The van der Waals surface area contributed by atoms with Gasteiger partial charge in [0.1, 0.15) is 6.04 Å². The van der Waals surface area contributed by atoms with Gasteiger partial charge in [0.2, 0.25) is 0 Å². The van der Waals surface area contributed by atoms with Crippen LogP contribution in [0.25, 0.3) is 0 Å².